The quantitative estimate of drug-likeness (QED) is 0.881. The minimum atomic E-state index is 0.249. The van der Waals surface area contributed by atoms with Crippen LogP contribution in [0.4, 0.5) is 5.95 Å². The summed E-state index contributed by atoms with van der Waals surface area (Å²) < 4.78 is 1.85. The molecule has 0 bridgehead atoms. The minimum absolute atomic E-state index is 0.249. The van der Waals surface area contributed by atoms with Crippen molar-refractivity contribution < 1.29 is 0 Å². The molecular weight excluding hydrogens is 212 g/mol. The van der Waals surface area contributed by atoms with Gasteiger partial charge in [0.2, 0.25) is 5.95 Å². The summed E-state index contributed by atoms with van der Waals surface area (Å²) in [5, 5.41) is 8.00. The molecule has 0 unspecified atom stereocenters. The smallest absolute Gasteiger partial charge is 0.243 e. The van der Waals surface area contributed by atoms with Gasteiger partial charge in [0.1, 0.15) is 0 Å². The summed E-state index contributed by atoms with van der Waals surface area (Å²) in [5.41, 5.74) is 2.35. The average molecular weight is 230 g/mol. The number of anilines is 1. The van der Waals surface area contributed by atoms with Gasteiger partial charge in [0.15, 0.2) is 5.65 Å². The molecule has 0 amide bonds. The molecule has 0 spiro atoms. The SMILES string of the molecule is CCC1(Nc2nc3c(C)cccn3n2)CCC1. The van der Waals surface area contributed by atoms with E-state index in [-0.39, 0.29) is 5.54 Å². The highest BCUT2D eigenvalue weighted by Gasteiger charge is 2.35. The van der Waals surface area contributed by atoms with Gasteiger partial charge in [-0.05, 0) is 44.2 Å². The van der Waals surface area contributed by atoms with Crippen molar-refractivity contribution in [3.8, 4) is 0 Å². The maximum absolute atomic E-state index is 4.57. The van der Waals surface area contributed by atoms with E-state index >= 15 is 0 Å². The Labute approximate surface area is 101 Å². The standard InChI is InChI=1S/C13H18N4/c1-3-13(7-5-8-13)15-12-14-11-10(2)6-4-9-17(11)16-12/h4,6,9H,3,5,7-8H2,1-2H3,(H,15,16). The van der Waals surface area contributed by atoms with Gasteiger partial charge in [-0.2, -0.15) is 4.98 Å². The molecule has 0 saturated heterocycles. The maximum atomic E-state index is 4.57. The highest BCUT2D eigenvalue weighted by atomic mass is 15.4. The Morgan fingerprint density at radius 2 is 2.29 bits per heavy atom. The molecule has 0 aromatic carbocycles. The molecule has 2 heterocycles. The van der Waals surface area contributed by atoms with E-state index in [9.17, 15) is 0 Å². The van der Waals surface area contributed by atoms with Crippen LogP contribution in [0.1, 0.15) is 38.2 Å². The van der Waals surface area contributed by atoms with Crippen molar-refractivity contribution in [3.63, 3.8) is 0 Å². The highest BCUT2D eigenvalue weighted by Crippen LogP contribution is 2.37. The van der Waals surface area contributed by atoms with Crippen molar-refractivity contribution in [3.05, 3.63) is 23.9 Å². The molecule has 4 nitrogen and oxygen atoms in total. The lowest BCUT2D eigenvalue weighted by Gasteiger charge is -2.41. The van der Waals surface area contributed by atoms with Crippen molar-refractivity contribution in [1.29, 1.82) is 0 Å². The normalized spacial score (nSPS) is 18.0. The van der Waals surface area contributed by atoms with Crippen LogP contribution in [0.15, 0.2) is 18.3 Å². The largest absolute Gasteiger partial charge is 0.347 e. The van der Waals surface area contributed by atoms with Crippen LogP contribution in [0.5, 0.6) is 0 Å². The van der Waals surface area contributed by atoms with Crippen LogP contribution in [0.2, 0.25) is 0 Å². The van der Waals surface area contributed by atoms with Crippen LogP contribution in [0.3, 0.4) is 0 Å². The predicted molar refractivity (Wildman–Crippen MR) is 68.2 cm³/mol. The summed E-state index contributed by atoms with van der Waals surface area (Å²) in [4.78, 5) is 4.57. The van der Waals surface area contributed by atoms with Crippen molar-refractivity contribution >= 4 is 11.6 Å². The van der Waals surface area contributed by atoms with E-state index in [1.165, 1.54) is 19.3 Å². The Morgan fingerprint density at radius 3 is 2.88 bits per heavy atom. The third-order valence-electron chi connectivity index (χ3n) is 3.92. The third kappa shape index (κ3) is 1.68. The van der Waals surface area contributed by atoms with Crippen molar-refractivity contribution in [2.75, 3.05) is 5.32 Å². The number of nitrogens with zero attached hydrogens (tertiary/aromatic N) is 3. The number of hydrogen-bond donors (Lipinski definition) is 1. The van der Waals surface area contributed by atoms with Gasteiger partial charge in [-0.15, -0.1) is 5.10 Å². The molecule has 1 N–H and O–H groups in total. The fourth-order valence-electron chi connectivity index (χ4n) is 2.50. The van der Waals surface area contributed by atoms with Gasteiger partial charge in [0.25, 0.3) is 0 Å². The fraction of sp³-hybridized carbons (Fsp3) is 0.538. The molecule has 1 fully saturated rings. The van der Waals surface area contributed by atoms with Crippen molar-refractivity contribution in [2.45, 2.75) is 45.1 Å². The topological polar surface area (TPSA) is 42.2 Å². The van der Waals surface area contributed by atoms with Gasteiger partial charge >= 0.3 is 0 Å². The van der Waals surface area contributed by atoms with Crippen LogP contribution in [0.25, 0.3) is 5.65 Å². The zero-order valence-corrected chi connectivity index (χ0v) is 10.4. The molecule has 3 rings (SSSR count). The molecule has 1 aliphatic rings. The van der Waals surface area contributed by atoms with Gasteiger partial charge in [-0.1, -0.05) is 13.0 Å². The van der Waals surface area contributed by atoms with E-state index in [2.05, 4.69) is 35.3 Å². The Bertz CT molecular complexity index is 534. The number of rotatable bonds is 3. The number of aryl methyl sites for hydroxylation is 1. The second kappa shape index (κ2) is 3.72. The predicted octanol–water partition coefficient (Wildman–Crippen LogP) is 2.78. The molecule has 17 heavy (non-hydrogen) atoms. The molecule has 0 aliphatic heterocycles. The van der Waals surface area contributed by atoms with Crippen molar-refractivity contribution in [1.82, 2.24) is 14.6 Å². The summed E-state index contributed by atoms with van der Waals surface area (Å²) in [5.74, 6) is 0.765. The van der Waals surface area contributed by atoms with Crippen LogP contribution in [0, 0.1) is 6.92 Å². The van der Waals surface area contributed by atoms with E-state index in [0.29, 0.717) is 0 Å². The monoisotopic (exact) mass is 230 g/mol. The Kier molecular flexibility index (Phi) is 2.31. The van der Waals surface area contributed by atoms with E-state index < -0.39 is 0 Å². The van der Waals surface area contributed by atoms with Crippen LogP contribution >= 0.6 is 0 Å². The van der Waals surface area contributed by atoms with E-state index in [1.54, 1.807) is 0 Å². The summed E-state index contributed by atoms with van der Waals surface area (Å²) >= 11 is 0. The number of hydrogen-bond acceptors (Lipinski definition) is 3. The fourth-order valence-corrected chi connectivity index (χ4v) is 2.50. The van der Waals surface area contributed by atoms with Crippen LogP contribution in [-0.2, 0) is 0 Å². The first-order valence-corrected chi connectivity index (χ1v) is 6.33. The number of fused-ring (bicyclic) bond motifs is 1. The molecule has 1 saturated carbocycles. The number of pyridine rings is 1. The summed E-state index contributed by atoms with van der Waals surface area (Å²) in [6, 6.07) is 4.06. The third-order valence-corrected chi connectivity index (χ3v) is 3.92. The van der Waals surface area contributed by atoms with Crippen molar-refractivity contribution in [2.24, 2.45) is 0 Å². The summed E-state index contributed by atoms with van der Waals surface area (Å²) in [7, 11) is 0. The van der Waals surface area contributed by atoms with Gasteiger partial charge in [-0.3, -0.25) is 0 Å². The molecule has 1 aliphatic carbocycles. The van der Waals surface area contributed by atoms with Gasteiger partial charge in [0, 0.05) is 11.7 Å². The Morgan fingerprint density at radius 1 is 1.47 bits per heavy atom. The lowest BCUT2D eigenvalue weighted by molar-refractivity contribution is 0.268. The maximum Gasteiger partial charge on any atom is 0.243 e. The van der Waals surface area contributed by atoms with Gasteiger partial charge in [-0.25, -0.2) is 4.52 Å². The average Bonchev–Trinajstić information content (AvgIpc) is 2.68. The molecule has 0 atom stereocenters. The highest BCUT2D eigenvalue weighted by molar-refractivity contribution is 5.50. The zero-order valence-electron chi connectivity index (χ0n) is 10.4. The molecule has 0 radical (unpaired) electrons. The van der Waals surface area contributed by atoms with Gasteiger partial charge < -0.3 is 5.32 Å². The second-order valence-corrected chi connectivity index (χ2v) is 5.01. The molecule has 4 heteroatoms. The van der Waals surface area contributed by atoms with E-state index in [4.69, 9.17) is 0 Å². The van der Waals surface area contributed by atoms with Crippen LogP contribution in [-0.4, -0.2) is 20.1 Å². The summed E-state index contributed by atoms with van der Waals surface area (Å²) in [6.45, 7) is 4.29. The first-order valence-electron chi connectivity index (χ1n) is 6.33. The van der Waals surface area contributed by atoms with E-state index in [1.807, 2.05) is 16.8 Å². The molecule has 2 aromatic rings. The lowest BCUT2D eigenvalue weighted by Crippen LogP contribution is -2.44. The minimum Gasteiger partial charge on any atom is -0.347 e. The van der Waals surface area contributed by atoms with Crippen LogP contribution < -0.4 is 5.32 Å². The molecule has 2 aromatic heterocycles. The molecule has 90 valence electrons. The summed E-state index contributed by atoms with van der Waals surface area (Å²) in [6.07, 6.45) is 6.87. The first-order chi connectivity index (χ1) is 8.22. The lowest BCUT2D eigenvalue weighted by atomic mass is 9.75. The Hall–Kier alpha value is -1.58. The second-order valence-electron chi connectivity index (χ2n) is 5.01. The first kappa shape index (κ1) is 10.6. The Balaban J connectivity index is 1.93. The van der Waals surface area contributed by atoms with E-state index in [0.717, 1.165) is 23.6 Å². The number of nitrogens with one attached hydrogen (secondary N) is 1. The molecular formula is C13H18N4. The van der Waals surface area contributed by atoms with Gasteiger partial charge in [0.05, 0.1) is 0 Å². The zero-order chi connectivity index (χ0) is 11.9. The number of aromatic nitrogens is 3.